The van der Waals surface area contributed by atoms with E-state index in [9.17, 15) is 14.4 Å². The lowest BCUT2D eigenvalue weighted by atomic mass is 10.1. The fourth-order valence-electron chi connectivity index (χ4n) is 1.80. The SMILES string of the molecule is Cc1ccc(-c2cc(C(=O)O)c(=O)n(CC(=O)O)n2)cc1. The van der Waals surface area contributed by atoms with E-state index in [1.165, 1.54) is 0 Å². The van der Waals surface area contributed by atoms with Crippen LogP contribution in [-0.2, 0) is 11.3 Å². The van der Waals surface area contributed by atoms with Crippen molar-refractivity contribution in [3.8, 4) is 11.3 Å². The van der Waals surface area contributed by atoms with Gasteiger partial charge < -0.3 is 10.2 Å². The molecule has 0 spiro atoms. The van der Waals surface area contributed by atoms with Crippen LogP contribution < -0.4 is 5.56 Å². The first kappa shape index (κ1) is 14.4. The van der Waals surface area contributed by atoms with Crippen molar-refractivity contribution in [1.82, 2.24) is 9.78 Å². The second-order valence-corrected chi connectivity index (χ2v) is 4.47. The zero-order chi connectivity index (χ0) is 15.6. The second-order valence-electron chi connectivity index (χ2n) is 4.47. The largest absolute Gasteiger partial charge is 0.480 e. The number of hydrogen-bond acceptors (Lipinski definition) is 4. The Kier molecular flexibility index (Phi) is 3.84. The highest BCUT2D eigenvalue weighted by molar-refractivity contribution is 5.88. The van der Waals surface area contributed by atoms with E-state index in [4.69, 9.17) is 10.2 Å². The summed E-state index contributed by atoms with van der Waals surface area (Å²) in [4.78, 5) is 33.7. The monoisotopic (exact) mass is 288 g/mol. The van der Waals surface area contributed by atoms with E-state index in [0.717, 1.165) is 11.6 Å². The third kappa shape index (κ3) is 3.14. The van der Waals surface area contributed by atoms with Crippen LogP contribution in [0.25, 0.3) is 11.3 Å². The van der Waals surface area contributed by atoms with Crippen LogP contribution in [0.2, 0.25) is 0 Å². The minimum atomic E-state index is -1.42. The Balaban J connectivity index is 2.63. The zero-order valence-corrected chi connectivity index (χ0v) is 11.1. The van der Waals surface area contributed by atoms with Crippen molar-refractivity contribution in [2.75, 3.05) is 0 Å². The maximum atomic E-state index is 11.8. The summed E-state index contributed by atoms with van der Waals surface area (Å²) in [6.45, 7) is 1.20. The van der Waals surface area contributed by atoms with E-state index in [2.05, 4.69) is 5.10 Å². The maximum Gasteiger partial charge on any atom is 0.341 e. The summed E-state index contributed by atoms with van der Waals surface area (Å²) in [7, 11) is 0. The summed E-state index contributed by atoms with van der Waals surface area (Å²) in [5.41, 5.74) is 0.383. The molecule has 0 aliphatic heterocycles. The van der Waals surface area contributed by atoms with Gasteiger partial charge in [0.05, 0.1) is 5.69 Å². The highest BCUT2D eigenvalue weighted by Gasteiger charge is 2.16. The van der Waals surface area contributed by atoms with Crippen LogP contribution in [0.3, 0.4) is 0 Å². The molecule has 0 fully saturated rings. The first-order valence-electron chi connectivity index (χ1n) is 6.03. The Morgan fingerprint density at radius 1 is 1.19 bits per heavy atom. The number of hydrogen-bond donors (Lipinski definition) is 2. The highest BCUT2D eigenvalue weighted by atomic mass is 16.4. The number of carboxylic acids is 2. The van der Waals surface area contributed by atoms with Gasteiger partial charge in [0.1, 0.15) is 12.1 Å². The Morgan fingerprint density at radius 2 is 1.81 bits per heavy atom. The standard InChI is InChI=1S/C14H12N2O5/c1-8-2-4-9(5-3-8)11-6-10(14(20)21)13(19)16(15-11)7-12(17)18/h2-6H,7H2,1H3,(H,17,18)(H,20,21). The minimum absolute atomic E-state index is 0.230. The summed E-state index contributed by atoms with van der Waals surface area (Å²) in [5, 5.41) is 21.7. The molecule has 0 radical (unpaired) electrons. The van der Waals surface area contributed by atoms with E-state index >= 15 is 0 Å². The van der Waals surface area contributed by atoms with E-state index in [0.29, 0.717) is 10.2 Å². The van der Waals surface area contributed by atoms with Crippen molar-refractivity contribution >= 4 is 11.9 Å². The van der Waals surface area contributed by atoms with Crippen LogP contribution in [0.15, 0.2) is 35.1 Å². The van der Waals surface area contributed by atoms with Gasteiger partial charge in [-0.05, 0) is 13.0 Å². The van der Waals surface area contributed by atoms with E-state index in [1.54, 1.807) is 12.1 Å². The van der Waals surface area contributed by atoms with Crippen molar-refractivity contribution in [3.05, 3.63) is 51.8 Å². The summed E-state index contributed by atoms with van der Waals surface area (Å²) in [5.74, 6) is -2.70. The lowest BCUT2D eigenvalue weighted by Crippen LogP contribution is -2.31. The van der Waals surface area contributed by atoms with Crippen LogP contribution in [-0.4, -0.2) is 31.9 Å². The summed E-state index contributed by atoms with van der Waals surface area (Å²) in [6.07, 6.45) is 0. The molecule has 2 aromatic rings. The average molecular weight is 288 g/mol. The molecule has 0 amide bonds. The third-order valence-electron chi connectivity index (χ3n) is 2.84. The first-order valence-corrected chi connectivity index (χ1v) is 6.03. The van der Waals surface area contributed by atoms with Gasteiger partial charge in [0.15, 0.2) is 0 Å². The van der Waals surface area contributed by atoms with E-state index < -0.39 is 29.6 Å². The Bertz CT molecular complexity index is 762. The first-order chi connectivity index (χ1) is 9.88. The highest BCUT2D eigenvalue weighted by Crippen LogP contribution is 2.17. The number of carbonyl (C=O) groups is 2. The molecule has 7 heteroatoms. The molecule has 108 valence electrons. The van der Waals surface area contributed by atoms with Gasteiger partial charge in [-0.25, -0.2) is 9.48 Å². The number of rotatable bonds is 4. The molecule has 2 rings (SSSR count). The summed E-state index contributed by atoms with van der Waals surface area (Å²) < 4.78 is 0.640. The number of benzene rings is 1. The van der Waals surface area contributed by atoms with Crippen LogP contribution in [0.5, 0.6) is 0 Å². The van der Waals surface area contributed by atoms with E-state index in [-0.39, 0.29) is 5.69 Å². The molecular weight excluding hydrogens is 276 g/mol. The Hall–Kier alpha value is -2.96. The predicted molar refractivity (Wildman–Crippen MR) is 73.3 cm³/mol. The van der Waals surface area contributed by atoms with Gasteiger partial charge in [0, 0.05) is 5.56 Å². The molecule has 0 saturated heterocycles. The Morgan fingerprint density at radius 3 is 2.33 bits per heavy atom. The molecule has 7 nitrogen and oxygen atoms in total. The smallest absolute Gasteiger partial charge is 0.341 e. The van der Waals surface area contributed by atoms with Crippen molar-refractivity contribution in [2.45, 2.75) is 13.5 Å². The van der Waals surface area contributed by atoms with Crippen molar-refractivity contribution in [1.29, 1.82) is 0 Å². The van der Waals surface area contributed by atoms with Gasteiger partial charge in [-0.15, -0.1) is 0 Å². The summed E-state index contributed by atoms with van der Waals surface area (Å²) in [6, 6.07) is 8.21. The normalized spacial score (nSPS) is 10.3. The van der Waals surface area contributed by atoms with Gasteiger partial charge >= 0.3 is 11.9 Å². The molecule has 2 N–H and O–H groups in total. The molecular formula is C14H12N2O5. The van der Waals surface area contributed by atoms with Crippen LogP contribution in [0.1, 0.15) is 15.9 Å². The fourth-order valence-corrected chi connectivity index (χ4v) is 1.80. The van der Waals surface area contributed by atoms with Gasteiger partial charge in [0.2, 0.25) is 0 Å². The topological polar surface area (TPSA) is 109 Å². The third-order valence-corrected chi connectivity index (χ3v) is 2.84. The number of nitrogens with zero attached hydrogens (tertiary/aromatic N) is 2. The van der Waals surface area contributed by atoms with Crippen molar-refractivity contribution in [3.63, 3.8) is 0 Å². The van der Waals surface area contributed by atoms with Crippen LogP contribution in [0.4, 0.5) is 0 Å². The molecule has 1 heterocycles. The molecule has 0 atom stereocenters. The predicted octanol–water partition coefficient (Wildman–Crippen LogP) is 1.00. The minimum Gasteiger partial charge on any atom is -0.480 e. The molecule has 0 aliphatic carbocycles. The molecule has 0 unspecified atom stereocenters. The number of aliphatic carboxylic acids is 1. The van der Waals surface area contributed by atoms with E-state index in [1.807, 2.05) is 19.1 Å². The lowest BCUT2D eigenvalue weighted by molar-refractivity contribution is -0.138. The molecule has 0 aliphatic rings. The van der Waals surface area contributed by atoms with Crippen molar-refractivity contribution in [2.24, 2.45) is 0 Å². The van der Waals surface area contributed by atoms with Crippen molar-refractivity contribution < 1.29 is 19.8 Å². The van der Waals surface area contributed by atoms with Gasteiger partial charge in [0.25, 0.3) is 5.56 Å². The number of carboxylic acid groups (broad SMARTS) is 2. The fraction of sp³-hybridized carbons (Fsp3) is 0.143. The average Bonchev–Trinajstić information content (AvgIpc) is 2.41. The lowest BCUT2D eigenvalue weighted by Gasteiger charge is -2.07. The number of aromatic nitrogens is 2. The number of aromatic carboxylic acids is 1. The molecule has 1 aromatic carbocycles. The summed E-state index contributed by atoms with van der Waals surface area (Å²) >= 11 is 0. The molecule has 0 bridgehead atoms. The second kappa shape index (κ2) is 5.58. The van der Waals surface area contributed by atoms with Crippen LogP contribution >= 0.6 is 0 Å². The zero-order valence-electron chi connectivity index (χ0n) is 11.1. The quantitative estimate of drug-likeness (QED) is 0.868. The molecule has 1 aromatic heterocycles. The molecule has 21 heavy (non-hydrogen) atoms. The van der Waals surface area contributed by atoms with Crippen LogP contribution in [0, 0.1) is 6.92 Å². The maximum absolute atomic E-state index is 11.8. The van der Waals surface area contributed by atoms with Gasteiger partial charge in [-0.3, -0.25) is 9.59 Å². The molecule has 0 saturated carbocycles. The Labute approximate surface area is 119 Å². The van der Waals surface area contributed by atoms with Gasteiger partial charge in [-0.2, -0.15) is 5.10 Å². The van der Waals surface area contributed by atoms with Gasteiger partial charge in [-0.1, -0.05) is 29.8 Å². The number of aryl methyl sites for hydroxylation is 1.